The summed E-state index contributed by atoms with van der Waals surface area (Å²) in [7, 11) is -3.85. The van der Waals surface area contributed by atoms with Crippen LogP contribution < -0.4 is 4.74 Å². The molecule has 3 heterocycles. The lowest BCUT2D eigenvalue weighted by Crippen LogP contribution is -2.40. The van der Waals surface area contributed by atoms with E-state index in [0.717, 1.165) is 19.6 Å². The predicted molar refractivity (Wildman–Crippen MR) is 155 cm³/mol. The van der Waals surface area contributed by atoms with Crippen LogP contribution in [0.5, 0.6) is 5.75 Å². The molecule has 11 nitrogen and oxygen atoms in total. The van der Waals surface area contributed by atoms with Gasteiger partial charge in [0.05, 0.1) is 49.5 Å². The first-order chi connectivity index (χ1) is 20.3. The maximum absolute atomic E-state index is 13.5. The summed E-state index contributed by atoms with van der Waals surface area (Å²) >= 11 is 0. The van der Waals surface area contributed by atoms with E-state index in [-0.39, 0.29) is 29.1 Å². The van der Waals surface area contributed by atoms with Crippen LogP contribution >= 0.6 is 0 Å². The van der Waals surface area contributed by atoms with Gasteiger partial charge < -0.3 is 24.2 Å². The Morgan fingerprint density at radius 2 is 1.62 bits per heavy atom. The van der Waals surface area contributed by atoms with Crippen LogP contribution in [0.3, 0.4) is 0 Å². The molecule has 0 spiro atoms. The van der Waals surface area contributed by atoms with E-state index < -0.39 is 33.5 Å². The van der Waals surface area contributed by atoms with E-state index in [2.05, 4.69) is 4.90 Å². The van der Waals surface area contributed by atoms with Crippen LogP contribution in [0.4, 0.5) is 0 Å². The summed E-state index contributed by atoms with van der Waals surface area (Å²) in [5.41, 5.74) is 0.714. The zero-order valence-electron chi connectivity index (χ0n) is 23.7. The van der Waals surface area contributed by atoms with E-state index in [9.17, 15) is 23.1 Å². The second kappa shape index (κ2) is 13.3. The number of ketones is 1. The lowest BCUT2D eigenvalue weighted by atomic mass is 9.95. The molecule has 42 heavy (non-hydrogen) atoms. The number of hydrogen-bond donors (Lipinski definition) is 1. The van der Waals surface area contributed by atoms with Crippen molar-refractivity contribution in [1.29, 1.82) is 0 Å². The van der Waals surface area contributed by atoms with Gasteiger partial charge in [-0.05, 0) is 43.2 Å². The zero-order valence-corrected chi connectivity index (χ0v) is 24.6. The van der Waals surface area contributed by atoms with Crippen LogP contribution in [-0.2, 0) is 29.1 Å². The van der Waals surface area contributed by atoms with Gasteiger partial charge in [0.1, 0.15) is 11.5 Å². The standard InChI is InChI=1S/C30H37N3O8S/c1-2-41-24-9-7-22(8-10-24)27-26(29(35)30(36)33(27)12-4-11-31-13-17-39-18-14-31)28(34)23-5-3-6-25(21-23)42(37,38)32-15-19-40-20-16-32/h3,5-10,21,27,34H,2,4,11-20H2,1H3/t27-/m0/s1. The maximum Gasteiger partial charge on any atom is 0.295 e. The minimum Gasteiger partial charge on any atom is -0.507 e. The third kappa shape index (κ3) is 6.37. The molecule has 3 aliphatic rings. The number of benzene rings is 2. The van der Waals surface area contributed by atoms with Crippen molar-refractivity contribution in [3.05, 3.63) is 65.2 Å². The summed E-state index contributed by atoms with van der Waals surface area (Å²) in [6.07, 6.45) is 0.633. The molecule has 3 fully saturated rings. The van der Waals surface area contributed by atoms with Gasteiger partial charge in [-0.25, -0.2) is 8.42 Å². The van der Waals surface area contributed by atoms with Crippen molar-refractivity contribution in [3.8, 4) is 5.75 Å². The number of Topliss-reactive ketones (excluding diaryl/α,β-unsaturated/α-hetero) is 1. The fraction of sp³-hybridized carbons (Fsp3) is 0.467. The second-order valence-electron chi connectivity index (χ2n) is 10.3. The zero-order chi connectivity index (χ0) is 29.7. The summed E-state index contributed by atoms with van der Waals surface area (Å²) < 4.78 is 44.2. The van der Waals surface area contributed by atoms with Crippen molar-refractivity contribution in [2.24, 2.45) is 0 Å². The Morgan fingerprint density at radius 3 is 2.29 bits per heavy atom. The smallest absolute Gasteiger partial charge is 0.295 e. The van der Waals surface area contributed by atoms with Gasteiger partial charge in [-0.1, -0.05) is 24.3 Å². The average molecular weight is 600 g/mol. The number of rotatable bonds is 10. The van der Waals surface area contributed by atoms with E-state index in [1.54, 1.807) is 24.3 Å². The first-order valence-corrected chi connectivity index (χ1v) is 15.7. The van der Waals surface area contributed by atoms with Crippen molar-refractivity contribution in [2.45, 2.75) is 24.3 Å². The third-order valence-corrected chi connectivity index (χ3v) is 9.63. The van der Waals surface area contributed by atoms with E-state index in [4.69, 9.17) is 14.2 Å². The molecule has 0 aliphatic carbocycles. The minimum atomic E-state index is -3.85. The largest absolute Gasteiger partial charge is 0.507 e. The van der Waals surface area contributed by atoms with Crippen molar-refractivity contribution >= 4 is 27.5 Å². The number of likely N-dealkylation sites (tertiary alicyclic amines) is 1. The molecule has 0 saturated carbocycles. The van der Waals surface area contributed by atoms with Crippen LogP contribution in [0.1, 0.15) is 30.5 Å². The number of amides is 1. The molecule has 5 rings (SSSR count). The Hall–Kier alpha value is -3.29. The molecular weight excluding hydrogens is 562 g/mol. The maximum atomic E-state index is 13.5. The Labute approximate surface area is 246 Å². The predicted octanol–water partition coefficient (Wildman–Crippen LogP) is 2.25. The molecule has 226 valence electrons. The highest BCUT2D eigenvalue weighted by molar-refractivity contribution is 7.89. The molecule has 0 bridgehead atoms. The van der Waals surface area contributed by atoms with Crippen molar-refractivity contribution in [1.82, 2.24) is 14.1 Å². The van der Waals surface area contributed by atoms with Crippen LogP contribution in [0, 0.1) is 0 Å². The van der Waals surface area contributed by atoms with Crippen LogP contribution in [0.25, 0.3) is 5.76 Å². The van der Waals surface area contributed by atoms with Gasteiger partial charge in [0.25, 0.3) is 11.7 Å². The first kappa shape index (κ1) is 30.2. The normalized spacial score (nSPS) is 22.0. The Morgan fingerprint density at radius 1 is 0.952 bits per heavy atom. The summed E-state index contributed by atoms with van der Waals surface area (Å²) in [5.74, 6) is -1.28. The monoisotopic (exact) mass is 599 g/mol. The van der Waals surface area contributed by atoms with Gasteiger partial charge in [-0.15, -0.1) is 0 Å². The van der Waals surface area contributed by atoms with Crippen molar-refractivity contribution < 1.29 is 37.3 Å². The first-order valence-electron chi connectivity index (χ1n) is 14.3. The van der Waals surface area contributed by atoms with Crippen LogP contribution in [0.2, 0.25) is 0 Å². The van der Waals surface area contributed by atoms with E-state index in [1.165, 1.54) is 33.5 Å². The second-order valence-corrected chi connectivity index (χ2v) is 12.3. The fourth-order valence-corrected chi connectivity index (χ4v) is 7.01. The quantitative estimate of drug-likeness (QED) is 0.249. The highest BCUT2D eigenvalue weighted by Crippen LogP contribution is 2.40. The number of aliphatic hydroxyl groups is 1. The SMILES string of the molecule is CCOc1ccc([C@H]2C(=C(O)c3cccc(S(=O)(=O)N4CCOCC4)c3)C(=O)C(=O)N2CCCN2CCOCC2)cc1. The van der Waals surface area contributed by atoms with Gasteiger partial charge in [-0.2, -0.15) is 4.31 Å². The van der Waals surface area contributed by atoms with E-state index in [0.29, 0.717) is 57.3 Å². The number of nitrogens with zero attached hydrogens (tertiary/aromatic N) is 3. The summed E-state index contributed by atoms with van der Waals surface area (Å²) in [6, 6.07) is 12.1. The average Bonchev–Trinajstić information content (AvgIpc) is 3.27. The molecule has 1 amide bonds. The molecule has 2 aromatic rings. The van der Waals surface area contributed by atoms with Crippen molar-refractivity contribution in [3.63, 3.8) is 0 Å². The topological polar surface area (TPSA) is 126 Å². The molecule has 1 N–H and O–H groups in total. The Kier molecular flexibility index (Phi) is 9.59. The molecule has 2 aromatic carbocycles. The summed E-state index contributed by atoms with van der Waals surface area (Å²) in [5, 5.41) is 11.5. The molecule has 0 aromatic heterocycles. The molecule has 3 saturated heterocycles. The number of morpholine rings is 2. The number of carbonyl (C=O) groups excluding carboxylic acids is 2. The number of aliphatic hydroxyl groups excluding tert-OH is 1. The number of carbonyl (C=O) groups is 2. The molecule has 0 radical (unpaired) electrons. The Bertz CT molecular complexity index is 1410. The molecule has 1 atom stereocenters. The van der Waals surface area contributed by atoms with Crippen LogP contribution in [-0.4, -0.2) is 112 Å². The molecule has 3 aliphatic heterocycles. The molecular formula is C30H37N3O8S. The molecule has 12 heteroatoms. The summed E-state index contributed by atoms with van der Waals surface area (Å²) in [6.45, 7) is 7.42. The van der Waals surface area contributed by atoms with E-state index >= 15 is 0 Å². The Balaban J connectivity index is 1.49. The summed E-state index contributed by atoms with van der Waals surface area (Å²) in [4.78, 5) is 30.6. The number of ether oxygens (including phenoxy) is 3. The number of hydrogen-bond acceptors (Lipinski definition) is 9. The molecule has 0 unspecified atom stereocenters. The fourth-order valence-electron chi connectivity index (χ4n) is 5.56. The highest BCUT2D eigenvalue weighted by Gasteiger charge is 2.46. The third-order valence-electron chi connectivity index (χ3n) is 7.74. The lowest BCUT2D eigenvalue weighted by Gasteiger charge is -2.29. The van der Waals surface area contributed by atoms with E-state index in [1.807, 2.05) is 6.92 Å². The van der Waals surface area contributed by atoms with Crippen LogP contribution in [0.15, 0.2) is 59.0 Å². The highest BCUT2D eigenvalue weighted by atomic mass is 32.2. The van der Waals surface area contributed by atoms with Crippen molar-refractivity contribution in [2.75, 3.05) is 72.3 Å². The van der Waals surface area contributed by atoms with Gasteiger partial charge in [0, 0.05) is 44.8 Å². The lowest BCUT2D eigenvalue weighted by molar-refractivity contribution is -0.140. The van der Waals surface area contributed by atoms with Gasteiger partial charge in [-0.3, -0.25) is 14.5 Å². The van der Waals surface area contributed by atoms with Gasteiger partial charge >= 0.3 is 0 Å². The van der Waals surface area contributed by atoms with Gasteiger partial charge in [0.2, 0.25) is 10.0 Å². The van der Waals surface area contributed by atoms with Gasteiger partial charge in [0.15, 0.2) is 0 Å². The minimum absolute atomic E-state index is 0.00851. The number of sulfonamides is 1.